The minimum Gasteiger partial charge on any atom is -0.493 e. The van der Waals surface area contributed by atoms with Gasteiger partial charge in [0.2, 0.25) is 0 Å². The summed E-state index contributed by atoms with van der Waals surface area (Å²) >= 11 is 0. The molecule has 1 aromatic carbocycles. The van der Waals surface area contributed by atoms with Crippen molar-refractivity contribution in [3.8, 4) is 11.5 Å². The van der Waals surface area contributed by atoms with Crippen molar-refractivity contribution in [2.24, 2.45) is 4.99 Å². The molecule has 1 rings (SSSR count). The third-order valence-electron chi connectivity index (χ3n) is 3.92. The van der Waals surface area contributed by atoms with E-state index < -0.39 is 12.7 Å². The number of guanidine groups is 1. The molecular formula is C19H32F3IN4O2. The first-order valence-corrected chi connectivity index (χ1v) is 9.27. The average molecular weight is 532 g/mol. The Labute approximate surface area is 188 Å². The lowest BCUT2D eigenvalue weighted by atomic mass is 10.1. The number of halogens is 4. The Morgan fingerprint density at radius 2 is 1.83 bits per heavy atom. The predicted octanol–water partition coefficient (Wildman–Crippen LogP) is 3.30. The van der Waals surface area contributed by atoms with Crippen LogP contribution < -0.4 is 20.1 Å². The zero-order valence-corrected chi connectivity index (χ0v) is 19.8. The van der Waals surface area contributed by atoms with E-state index in [4.69, 9.17) is 9.47 Å². The normalized spacial score (nSPS) is 11.8. The fraction of sp³-hybridized carbons (Fsp3) is 0.632. The van der Waals surface area contributed by atoms with E-state index in [1.165, 1.54) is 11.9 Å². The van der Waals surface area contributed by atoms with E-state index in [-0.39, 0.29) is 24.0 Å². The summed E-state index contributed by atoms with van der Waals surface area (Å²) < 4.78 is 47.5. The lowest BCUT2D eigenvalue weighted by Crippen LogP contribution is -2.38. The lowest BCUT2D eigenvalue weighted by Gasteiger charge is -2.18. The second-order valence-corrected chi connectivity index (χ2v) is 6.33. The van der Waals surface area contributed by atoms with Crippen LogP contribution in [0.1, 0.15) is 18.9 Å². The van der Waals surface area contributed by atoms with Gasteiger partial charge in [-0.2, -0.15) is 13.2 Å². The van der Waals surface area contributed by atoms with Crippen LogP contribution in [0.25, 0.3) is 0 Å². The third kappa shape index (κ3) is 12.0. The van der Waals surface area contributed by atoms with E-state index in [0.717, 1.165) is 12.0 Å². The second kappa shape index (κ2) is 14.5. The molecule has 2 N–H and O–H groups in total. The van der Waals surface area contributed by atoms with Gasteiger partial charge in [-0.3, -0.25) is 9.89 Å². The molecule has 0 radical (unpaired) electrons. The summed E-state index contributed by atoms with van der Waals surface area (Å²) in [4.78, 5) is 5.67. The Bertz CT molecular complexity index is 616. The van der Waals surface area contributed by atoms with Crippen molar-refractivity contribution < 1.29 is 22.6 Å². The molecule has 10 heteroatoms. The molecule has 0 saturated heterocycles. The van der Waals surface area contributed by atoms with Gasteiger partial charge in [-0.1, -0.05) is 6.07 Å². The first-order chi connectivity index (χ1) is 13.3. The Balaban J connectivity index is 0.00000784. The van der Waals surface area contributed by atoms with Crippen LogP contribution >= 0.6 is 24.0 Å². The molecule has 0 aliphatic heterocycles. The molecule has 6 nitrogen and oxygen atoms in total. The lowest BCUT2D eigenvalue weighted by molar-refractivity contribution is -0.143. The van der Waals surface area contributed by atoms with E-state index in [0.29, 0.717) is 50.1 Å². The number of aliphatic imine (C=N–C) groups is 1. The number of hydrogen-bond acceptors (Lipinski definition) is 4. The number of rotatable bonds is 11. The van der Waals surface area contributed by atoms with Crippen molar-refractivity contribution in [3.63, 3.8) is 0 Å². The van der Waals surface area contributed by atoms with Crippen LogP contribution in [0.15, 0.2) is 23.2 Å². The SMILES string of the molecule is CCNC(=NCCCN(C)CC(F)(F)F)NCCc1ccc(OC)c(OC)c1.I. The topological polar surface area (TPSA) is 58.1 Å². The Morgan fingerprint density at radius 3 is 2.41 bits per heavy atom. The summed E-state index contributed by atoms with van der Waals surface area (Å²) in [5.74, 6) is 2.02. The van der Waals surface area contributed by atoms with Crippen molar-refractivity contribution >= 4 is 29.9 Å². The largest absolute Gasteiger partial charge is 0.493 e. The maximum atomic E-state index is 12.3. The first-order valence-electron chi connectivity index (χ1n) is 9.27. The highest BCUT2D eigenvalue weighted by atomic mass is 127. The van der Waals surface area contributed by atoms with Crippen molar-refractivity contribution in [3.05, 3.63) is 23.8 Å². The summed E-state index contributed by atoms with van der Waals surface area (Å²) in [6, 6.07) is 5.77. The van der Waals surface area contributed by atoms with Crippen molar-refractivity contribution in [1.29, 1.82) is 0 Å². The smallest absolute Gasteiger partial charge is 0.401 e. The van der Waals surface area contributed by atoms with E-state index in [2.05, 4.69) is 15.6 Å². The van der Waals surface area contributed by atoms with Crippen LogP contribution in [-0.2, 0) is 6.42 Å². The third-order valence-corrected chi connectivity index (χ3v) is 3.92. The first kappa shape index (κ1) is 27.6. The maximum absolute atomic E-state index is 12.3. The number of benzene rings is 1. The van der Waals surface area contributed by atoms with Crippen molar-refractivity contribution in [1.82, 2.24) is 15.5 Å². The molecule has 0 aliphatic carbocycles. The highest BCUT2D eigenvalue weighted by molar-refractivity contribution is 14.0. The molecule has 0 amide bonds. The van der Waals surface area contributed by atoms with Gasteiger partial charge in [0.05, 0.1) is 20.8 Å². The van der Waals surface area contributed by atoms with Crippen LogP contribution in [0.2, 0.25) is 0 Å². The predicted molar refractivity (Wildman–Crippen MR) is 121 cm³/mol. The van der Waals surface area contributed by atoms with Crippen molar-refractivity contribution in [2.45, 2.75) is 25.9 Å². The number of methoxy groups -OCH3 is 2. The fourth-order valence-corrected chi connectivity index (χ4v) is 2.62. The molecule has 29 heavy (non-hydrogen) atoms. The molecular weight excluding hydrogens is 500 g/mol. The highest BCUT2D eigenvalue weighted by Crippen LogP contribution is 2.27. The van der Waals surface area contributed by atoms with Crippen LogP contribution in [0, 0.1) is 0 Å². The van der Waals surface area contributed by atoms with E-state index in [1.807, 2.05) is 25.1 Å². The van der Waals surface area contributed by atoms with Crippen molar-refractivity contribution in [2.75, 3.05) is 54.0 Å². The molecule has 0 saturated carbocycles. The minimum absolute atomic E-state index is 0. The van der Waals surface area contributed by atoms with Gasteiger partial charge in [-0.05, 0) is 51.1 Å². The molecule has 0 spiro atoms. The van der Waals surface area contributed by atoms with E-state index in [9.17, 15) is 13.2 Å². The zero-order chi connectivity index (χ0) is 21.0. The van der Waals surface area contributed by atoms with E-state index >= 15 is 0 Å². The second-order valence-electron chi connectivity index (χ2n) is 6.33. The quantitative estimate of drug-likeness (QED) is 0.198. The molecule has 0 fully saturated rings. The van der Waals surface area contributed by atoms with Gasteiger partial charge in [0, 0.05) is 19.6 Å². The highest BCUT2D eigenvalue weighted by Gasteiger charge is 2.28. The molecule has 0 bridgehead atoms. The molecule has 0 unspecified atom stereocenters. The fourth-order valence-electron chi connectivity index (χ4n) is 2.62. The minimum atomic E-state index is -4.17. The summed E-state index contributed by atoms with van der Waals surface area (Å²) in [5, 5.41) is 6.37. The van der Waals surface area contributed by atoms with Crippen LogP contribution in [0.4, 0.5) is 13.2 Å². The monoisotopic (exact) mass is 532 g/mol. The van der Waals surface area contributed by atoms with Gasteiger partial charge < -0.3 is 20.1 Å². The number of hydrogen-bond donors (Lipinski definition) is 2. The summed E-state index contributed by atoms with van der Waals surface area (Å²) in [7, 11) is 4.66. The number of alkyl halides is 3. The average Bonchev–Trinajstić information content (AvgIpc) is 2.63. The molecule has 168 valence electrons. The Kier molecular flexibility index (Phi) is 13.8. The van der Waals surface area contributed by atoms with E-state index in [1.54, 1.807) is 14.2 Å². The number of nitrogens with one attached hydrogen (secondary N) is 2. The van der Waals surface area contributed by atoms with Gasteiger partial charge in [-0.25, -0.2) is 0 Å². The molecule has 0 heterocycles. The maximum Gasteiger partial charge on any atom is 0.401 e. The van der Waals surface area contributed by atoms with Gasteiger partial charge in [0.1, 0.15) is 0 Å². The number of ether oxygens (including phenoxy) is 2. The molecule has 1 aromatic rings. The van der Waals surface area contributed by atoms with Gasteiger partial charge >= 0.3 is 6.18 Å². The zero-order valence-electron chi connectivity index (χ0n) is 17.4. The standard InChI is InChI=1S/C19H31F3N4O2.HI/c1-5-23-18(24-10-6-12-26(2)14-19(20,21)22)25-11-9-15-7-8-16(27-3)17(13-15)28-4;/h7-8,13H,5-6,9-12,14H2,1-4H3,(H2,23,24,25);1H. The molecule has 0 atom stereocenters. The number of nitrogens with zero attached hydrogens (tertiary/aromatic N) is 2. The summed E-state index contributed by atoms with van der Waals surface area (Å²) in [5.41, 5.74) is 1.09. The van der Waals surface area contributed by atoms with Gasteiger partial charge in [0.15, 0.2) is 17.5 Å². The van der Waals surface area contributed by atoms with Gasteiger partial charge in [-0.15, -0.1) is 24.0 Å². The van der Waals surface area contributed by atoms with Crippen LogP contribution in [-0.4, -0.2) is 71.0 Å². The Morgan fingerprint density at radius 1 is 1.14 bits per heavy atom. The van der Waals surface area contributed by atoms with Crippen LogP contribution in [0.5, 0.6) is 11.5 Å². The van der Waals surface area contributed by atoms with Crippen LogP contribution in [0.3, 0.4) is 0 Å². The Hall–Kier alpha value is -1.43. The van der Waals surface area contributed by atoms with Gasteiger partial charge in [0.25, 0.3) is 0 Å². The molecule has 0 aromatic heterocycles. The summed E-state index contributed by atoms with van der Waals surface area (Å²) in [6.07, 6.45) is -2.85. The summed E-state index contributed by atoms with van der Waals surface area (Å²) in [6.45, 7) is 3.22. The molecule has 0 aliphatic rings.